The van der Waals surface area contributed by atoms with Gasteiger partial charge in [0.2, 0.25) is 5.82 Å². The molecule has 0 aliphatic carbocycles. The molecule has 25 heavy (non-hydrogen) atoms. The number of hydrogen-bond acceptors (Lipinski definition) is 3. The van der Waals surface area contributed by atoms with Gasteiger partial charge in [0.1, 0.15) is 0 Å². The fourth-order valence-electron chi connectivity index (χ4n) is 2.95. The molecule has 0 saturated carbocycles. The minimum Gasteiger partial charge on any atom is -0.360 e. The van der Waals surface area contributed by atoms with E-state index in [1.807, 2.05) is 24.4 Å². The summed E-state index contributed by atoms with van der Waals surface area (Å²) in [6.07, 6.45) is 1.93. The maximum Gasteiger partial charge on any atom is 0.207 e. The van der Waals surface area contributed by atoms with Gasteiger partial charge in [-0.2, -0.15) is 4.80 Å². The van der Waals surface area contributed by atoms with Gasteiger partial charge in [0.05, 0.1) is 6.54 Å². The van der Waals surface area contributed by atoms with Crippen LogP contribution < -0.4 is 0 Å². The first-order chi connectivity index (χ1) is 12.0. The molecule has 2 aromatic carbocycles. The molecule has 0 fully saturated rings. The predicted octanol–water partition coefficient (Wildman–Crippen LogP) is 4.17. The Balaban J connectivity index is 1.57. The molecule has 0 bridgehead atoms. The summed E-state index contributed by atoms with van der Waals surface area (Å²) in [5.74, 6) is 0.642. The van der Waals surface area contributed by atoms with Crippen molar-refractivity contribution in [1.29, 1.82) is 0 Å². The topological polar surface area (TPSA) is 59.4 Å². The zero-order valence-corrected chi connectivity index (χ0v) is 14.7. The van der Waals surface area contributed by atoms with Gasteiger partial charge in [0.15, 0.2) is 0 Å². The minimum atomic E-state index is 0.159. The van der Waals surface area contributed by atoms with Crippen LogP contribution in [-0.2, 0) is 12.0 Å². The average molecular weight is 331 g/mol. The number of aromatic nitrogens is 5. The molecule has 0 aliphatic rings. The van der Waals surface area contributed by atoms with Gasteiger partial charge in [0.25, 0.3) is 0 Å². The lowest BCUT2D eigenvalue weighted by molar-refractivity contribution is 0.570. The molecule has 126 valence electrons. The predicted molar refractivity (Wildman–Crippen MR) is 99.4 cm³/mol. The zero-order valence-electron chi connectivity index (χ0n) is 14.7. The SMILES string of the molecule is CC(C)(C)c1ccc(Cn2nnc(-c3c[nH]c4ccccc34)n2)cc1. The Morgan fingerprint density at radius 1 is 1.00 bits per heavy atom. The molecule has 0 spiro atoms. The lowest BCUT2D eigenvalue weighted by Gasteiger charge is -2.19. The molecule has 2 aromatic heterocycles. The smallest absolute Gasteiger partial charge is 0.207 e. The molecule has 5 nitrogen and oxygen atoms in total. The van der Waals surface area contributed by atoms with Crippen molar-refractivity contribution in [2.75, 3.05) is 0 Å². The molecule has 0 amide bonds. The van der Waals surface area contributed by atoms with Gasteiger partial charge in [0, 0.05) is 22.7 Å². The van der Waals surface area contributed by atoms with Crippen molar-refractivity contribution in [3.8, 4) is 11.4 Å². The molecule has 5 heteroatoms. The van der Waals surface area contributed by atoms with Gasteiger partial charge in [-0.1, -0.05) is 63.2 Å². The maximum atomic E-state index is 4.54. The summed E-state index contributed by atoms with van der Waals surface area (Å²) >= 11 is 0. The highest BCUT2D eigenvalue weighted by atomic mass is 15.6. The lowest BCUT2D eigenvalue weighted by Crippen LogP contribution is -2.11. The van der Waals surface area contributed by atoms with Crippen molar-refractivity contribution in [3.63, 3.8) is 0 Å². The monoisotopic (exact) mass is 331 g/mol. The summed E-state index contributed by atoms with van der Waals surface area (Å²) in [4.78, 5) is 4.89. The summed E-state index contributed by atoms with van der Waals surface area (Å²) in [5.41, 5.74) is 4.70. The Hall–Kier alpha value is -2.95. The second kappa shape index (κ2) is 5.84. The first kappa shape index (κ1) is 15.6. The number of rotatable bonds is 3. The molecule has 4 rings (SSSR count). The quantitative estimate of drug-likeness (QED) is 0.613. The van der Waals surface area contributed by atoms with Gasteiger partial charge in [-0.05, 0) is 27.8 Å². The highest BCUT2D eigenvalue weighted by Gasteiger charge is 2.14. The number of nitrogens with zero attached hydrogens (tertiary/aromatic N) is 4. The Kier molecular flexibility index (Phi) is 3.64. The van der Waals surface area contributed by atoms with Gasteiger partial charge in [-0.25, -0.2) is 0 Å². The number of para-hydroxylation sites is 1. The fraction of sp³-hybridized carbons (Fsp3) is 0.250. The number of tetrazole rings is 1. The summed E-state index contributed by atoms with van der Waals surface area (Å²) < 4.78 is 0. The molecule has 4 aromatic rings. The first-order valence-electron chi connectivity index (χ1n) is 8.44. The standard InChI is InChI=1S/C20H21N5/c1-20(2,3)15-10-8-14(9-11-15)13-25-23-19(22-24-25)17-12-21-18-7-5-4-6-16(17)18/h4-12,21H,13H2,1-3H3. The second-order valence-corrected chi connectivity index (χ2v) is 7.34. The molecule has 1 N–H and O–H groups in total. The van der Waals surface area contributed by atoms with Crippen molar-refractivity contribution in [2.45, 2.75) is 32.7 Å². The second-order valence-electron chi connectivity index (χ2n) is 7.34. The Bertz CT molecular complexity index is 1000. The molecule has 0 atom stereocenters. The van der Waals surface area contributed by atoms with E-state index in [0.717, 1.165) is 22.0 Å². The molecule has 2 heterocycles. The number of hydrogen-bond donors (Lipinski definition) is 1. The van der Waals surface area contributed by atoms with Gasteiger partial charge < -0.3 is 4.98 Å². The number of H-pyrrole nitrogens is 1. The van der Waals surface area contributed by atoms with E-state index in [0.29, 0.717) is 12.4 Å². The van der Waals surface area contributed by atoms with Crippen molar-refractivity contribution >= 4 is 10.9 Å². The Labute approximate surface area is 146 Å². The summed E-state index contributed by atoms with van der Waals surface area (Å²) in [7, 11) is 0. The molecule has 0 aliphatic heterocycles. The highest BCUT2D eigenvalue weighted by Crippen LogP contribution is 2.25. The third-order valence-electron chi connectivity index (χ3n) is 4.43. The van der Waals surface area contributed by atoms with Crippen LogP contribution in [0.1, 0.15) is 31.9 Å². The molecular weight excluding hydrogens is 310 g/mol. The molecule has 0 unspecified atom stereocenters. The van der Waals surface area contributed by atoms with Crippen LogP contribution in [0.3, 0.4) is 0 Å². The van der Waals surface area contributed by atoms with Gasteiger partial charge in [-0.3, -0.25) is 0 Å². The van der Waals surface area contributed by atoms with E-state index in [4.69, 9.17) is 0 Å². The molecule has 0 saturated heterocycles. The van der Waals surface area contributed by atoms with E-state index in [2.05, 4.69) is 71.5 Å². The normalized spacial score (nSPS) is 12.0. The van der Waals surface area contributed by atoms with Crippen LogP contribution in [-0.4, -0.2) is 25.2 Å². The van der Waals surface area contributed by atoms with Crippen molar-refractivity contribution in [2.24, 2.45) is 0 Å². The first-order valence-corrected chi connectivity index (χ1v) is 8.44. The van der Waals surface area contributed by atoms with E-state index in [9.17, 15) is 0 Å². The summed E-state index contributed by atoms with van der Waals surface area (Å²) in [6, 6.07) is 16.7. The van der Waals surface area contributed by atoms with Gasteiger partial charge in [-0.15, -0.1) is 10.2 Å². The number of benzene rings is 2. The van der Waals surface area contributed by atoms with E-state index in [-0.39, 0.29) is 5.41 Å². The Morgan fingerprint density at radius 2 is 1.76 bits per heavy atom. The third-order valence-corrected chi connectivity index (χ3v) is 4.43. The fourth-order valence-corrected chi connectivity index (χ4v) is 2.95. The van der Waals surface area contributed by atoms with E-state index in [1.54, 1.807) is 4.80 Å². The maximum absolute atomic E-state index is 4.54. The summed E-state index contributed by atoms with van der Waals surface area (Å²) in [5, 5.41) is 14.1. The molecular formula is C20H21N5. The van der Waals surface area contributed by atoms with Crippen molar-refractivity contribution < 1.29 is 0 Å². The number of fused-ring (bicyclic) bond motifs is 1. The van der Waals surface area contributed by atoms with Crippen molar-refractivity contribution in [3.05, 3.63) is 65.9 Å². The summed E-state index contributed by atoms with van der Waals surface area (Å²) in [6.45, 7) is 7.26. The van der Waals surface area contributed by atoms with E-state index >= 15 is 0 Å². The van der Waals surface area contributed by atoms with Crippen molar-refractivity contribution in [1.82, 2.24) is 25.2 Å². The number of aromatic amines is 1. The van der Waals surface area contributed by atoms with Gasteiger partial charge >= 0.3 is 0 Å². The van der Waals surface area contributed by atoms with Crippen LogP contribution >= 0.6 is 0 Å². The van der Waals surface area contributed by atoms with Crippen LogP contribution in [0, 0.1) is 0 Å². The third kappa shape index (κ3) is 3.05. The van der Waals surface area contributed by atoms with Crippen LogP contribution in [0.15, 0.2) is 54.7 Å². The largest absolute Gasteiger partial charge is 0.360 e. The zero-order chi connectivity index (χ0) is 17.4. The van der Waals surface area contributed by atoms with E-state index in [1.165, 1.54) is 5.56 Å². The molecule has 0 radical (unpaired) electrons. The van der Waals surface area contributed by atoms with Crippen LogP contribution in [0.25, 0.3) is 22.3 Å². The van der Waals surface area contributed by atoms with Crippen LogP contribution in [0.4, 0.5) is 0 Å². The van der Waals surface area contributed by atoms with E-state index < -0.39 is 0 Å². The number of nitrogens with one attached hydrogen (secondary N) is 1. The average Bonchev–Trinajstić information content (AvgIpc) is 3.21. The highest BCUT2D eigenvalue weighted by molar-refractivity contribution is 5.93. The Morgan fingerprint density at radius 3 is 2.52 bits per heavy atom. The minimum absolute atomic E-state index is 0.159. The lowest BCUT2D eigenvalue weighted by atomic mass is 9.87. The van der Waals surface area contributed by atoms with Crippen LogP contribution in [0.2, 0.25) is 0 Å². The van der Waals surface area contributed by atoms with Crippen LogP contribution in [0.5, 0.6) is 0 Å².